The van der Waals surface area contributed by atoms with Crippen LogP contribution in [-0.4, -0.2) is 33.2 Å². The van der Waals surface area contributed by atoms with Gasteiger partial charge in [0.25, 0.3) is 0 Å². The Balaban J connectivity index is 1.85. The van der Waals surface area contributed by atoms with E-state index in [1.807, 2.05) is 0 Å². The molecule has 1 nitrogen and oxygen atoms in total. The summed E-state index contributed by atoms with van der Waals surface area (Å²) < 4.78 is 5.82. The molecule has 3 aliphatic rings. The van der Waals surface area contributed by atoms with Gasteiger partial charge in [0.1, 0.15) is 10.1 Å². The van der Waals surface area contributed by atoms with Gasteiger partial charge in [0.2, 0.25) is 0 Å². The summed E-state index contributed by atoms with van der Waals surface area (Å²) in [6.45, 7) is 2.89. The molecule has 0 unspecified atom stereocenters. The Morgan fingerprint density at radius 3 is 1.84 bits per heavy atom. The SMILES string of the molecule is CC(C)Oc1ccccc1C=P(C1CCCCC1)(C1CCCCC1)C1CCC(Cl)(Cl)CC1. The van der Waals surface area contributed by atoms with Gasteiger partial charge >= 0.3 is 0 Å². The van der Waals surface area contributed by atoms with Gasteiger partial charge in [0, 0.05) is 5.56 Å². The minimum Gasteiger partial charge on any atom is -0.490 e. The van der Waals surface area contributed by atoms with Crippen LogP contribution >= 0.6 is 30.1 Å². The Morgan fingerprint density at radius 2 is 1.31 bits per heavy atom. The third kappa shape index (κ3) is 5.75. The van der Waals surface area contributed by atoms with E-state index in [2.05, 4.69) is 43.9 Å². The number of rotatable bonds is 6. The van der Waals surface area contributed by atoms with Crippen molar-refractivity contribution in [2.24, 2.45) is 0 Å². The van der Waals surface area contributed by atoms with Crippen molar-refractivity contribution in [1.82, 2.24) is 0 Å². The molecule has 0 aliphatic heterocycles. The van der Waals surface area contributed by atoms with Gasteiger partial charge in [-0.1, -0.05) is 69.4 Å². The summed E-state index contributed by atoms with van der Waals surface area (Å²) in [6, 6.07) is 8.85. The van der Waals surface area contributed by atoms with Gasteiger partial charge in [0.15, 0.2) is 0 Å². The van der Waals surface area contributed by atoms with Gasteiger partial charge in [-0.2, -0.15) is 0 Å². The maximum atomic E-state index is 6.65. The van der Waals surface area contributed by atoms with E-state index in [1.165, 1.54) is 82.6 Å². The molecule has 1 aromatic carbocycles. The Labute approximate surface area is 207 Å². The van der Waals surface area contributed by atoms with Crippen LogP contribution in [-0.2, 0) is 0 Å². The number of hydrogen-bond acceptors (Lipinski definition) is 1. The topological polar surface area (TPSA) is 9.23 Å². The van der Waals surface area contributed by atoms with Gasteiger partial charge in [0.05, 0.1) is 6.10 Å². The molecular formula is C28H43Cl2OP. The highest BCUT2D eigenvalue weighted by atomic mass is 35.5. The molecule has 0 bridgehead atoms. The van der Waals surface area contributed by atoms with Crippen molar-refractivity contribution in [1.29, 1.82) is 0 Å². The summed E-state index contributed by atoms with van der Waals surface area (Å²) in [6.07, 6.45) is 18.7. The molecule has 0 radical (unpaired) electrons. The van der Waals surface area contributed by atoms with Gasteiger partial charge in [-0.05, 0) is 88.3 Å². The fourth-order valence-corrected chi connectivity index (χ4v) is 14.2. The van der Waals surface area contributed by atoms with Crippen LogP contribution in [0, 0.1) is 0 Å². The summed E-state index contributed by atoms with van der Waals surface area (Å²) in [4.78, 5) is 0. The normalized spacial score (nSPS) is 23.9. The van der Waals surface area contributed by atoms with Crippen molar-refractivity contribution in [3.05, 3.63) is 29.8 Å². The van der Waals surface area contributed by atoms with Crippen molar-refractivity contribution in [2.45, 2.75) is 131 Å². The second-order valence-corrected chi connectivity index (χ2v) is 16.8. The molecular weight excluding hydrogens is 454 g/mol. The van der Waals surface area contributed by atoms with E-state index in [9.17, 15) is 0 Å². The van der Waals surface area contributed by atoms with Crippen molar-refractivity contribution in [2.75, 3.05) is 0 Å². The lowest BCUT2D eigenvalue weighted by Crippen LogP contribution is -2.35. The number of benzene rings is 1. The highest BCUT2D eigenvalue weighted by molar-refractivity contribution is 7.77. The second-order valence-electron chi connectivity index (χ2n) is 10.9. The van der Waals surface area contributed by atoms with Crippen LogP contribution in [0.2, 0.25) is 0 Å². The van der Waals surface area contributed by atoms with Crippen molar-refractivity contribution in [3.63, 3.8) is 0 Å². The van der Waals surface area contributed by atoms with E-state index < -0.39 is 11.2 Å². The van der Waals surface area contributed by atoms with E-state index in [1.54, 1.807) is 0 Å². The van der Waals surface area contributed by atoms with Crippen LogP contribution in [0.4, 0.5) is 0 Å². The van der Waals surface area contributed by atoms with Crippen LogP contribution in [0.5, 0.6) is 5.75 Å². The van der Waals surface area contributed by atoms with Crippen LogP contribution in [0.15, 0.2) is 24.3 Å². The number of hydrogen-bond donors (Lipinski definition) is 0. The molecule has 3 saturated carbocycles. The second kappa shape index (κ2) is 11.1. The van der Waals surface area contributed by atoms with E-state index in [0.29, 0.717) is 0 Å². The van der Waals surface area contributed by atoms with Crippen LogP contribution in [0.25, 0.3) is 0 Å². The predicted octanol–water partition coefficient (Wildman–Crippen LogP) is 9.42. The molecule has 0 atom stereocenters. The molecule has 0 aromatic heterocycles. The quantitative estimate of drug-likeness (QED) is 0.281. The highest BCUT2D eigenvalue weighted by Crippen LogP contribution is 2.70. The number of halogens is 2. The molecule has 3 fully saturated rings. The van der Waals surface area contributed by atoms with Crippen molar-refractivity contribution < 1.29 is 4.74 Å². The van der Waals surface area contributed by atoms with Crippen molar-refractivity contribution in [3.8, 4) is 5.75 Å². The largest absolute Gasteiger partial charge is 0.490 e. The lowest BCUT2D eigenvalue weighted by molar-refractivity contribution is 0.242. The fraction of sp³-hybridized carbons (Fsp3) is 0.750. The lowest BCUT2D eigenvalue weighted by Gasteiger charge is -2.51. The van der Waals surface area contributed by atoms with Gasteiger partial charge in [-0.15, -0.1) is 23.2 Å². The minimum atomic E-state index is -1.39. The zero-order chi connectivity index (χ0) is 22.6. The van der Waals surface area contributed by atoms with Gasteiger partial charge in [-0.3, -0.25) is 0 Å². The van der Waals surface area contributed by atoms with E-state index in [4.69, 9.17) is 27.9 Å². The predicted molar refractivity (Wildman–Crippen MR) is 145 cm³/mol. The summed E-state index contributed by atoms with van der Waals surface area (Å²) in [5.74, 6) is 3.93. The Kier molecular flexibility index (Phi) is 8.67. The monoisotopic (exact) mass is 496 g/mol. The number of ether oxygens (including phenoxy) is 1. The number of alkyl halides is 2. The fourth-order valence-electron chi connectivity index (χ4n) is 6.93. The standard InChI is InChI=1S/C28H43Cl2OP/c1-22(2)31-27-16-10-9-11-23(27)21-32(24-12-5-3-6-13-24,25-14-7-4-8-15-25)26-17-19-28(29,30)20-18-26/h9-11,16,21-22,24-26H,3-8,12-15,17-20H2,1-2H3. The Hall–Kier alpha value is -0.100. The summed E-state index contributed by atoms with van der Waals surface area (Å²) >= 11 is 13.3. The van der Waals surface area contributed by atoms with Gasteiger partial charge in [-0.25, -0.2) is 0 Å². The van der Waals surface area contributed by atoms with Crippen LogP contribution in [0.3, 0.4) is 0 Å². The van der Waals surface area contributed by atoms with Crippen molar-refractivity contribution >= 4 is 35.9 Å². The first kappa shape index (κ1) is 25.0. The molecule has 0 amide bonds. The third-order valence-electron chi connectivity index (χ3n) is 8.38. The molecule has 4 rings (SSSR count). The molecule has 0 heterocycles. The van der Waals surface area contributed by atoms with Crippen LogP contribution in [0.1, 0.15) is 109 Å². The highest BCUT2D eigenvalue weighted by Gasteiger charge is 2.45. The van der Waals surface area contributed by atoms with E-state index >= 15 is 0 Å². The molecule has 180 valence electrons. The molecule has 0 N–H and O–H groups in total. The molecule has 0 saturated heterocycles. The van der Waals surface area contributed by atoms with E-state index in [0.717, 1.165) is 35.6 Å². The maximum Gasteiger partial charge on any atom is 0.126 e. The Morgan fingerprint density at radius 1 is 0.812 bits per heavy atom. The lowest BCUT2D eigenvalue weighted by atomic mass is 9.98. The molecule has 4 heteroatoms. The first-order valence-electron chi connectivity index (χ1n) is 13.3. The maximum absolute atomic E-state index is 6.65. The summed E-state index contributed by atoms with van der Waals surface area (Å²) in [5.41, 5.74) is 3.91. The average molecular weight is 498 g/mol. The molecule has 32 heavy (non-hydrogen) atoms. The summed E-state index contributed by atoms with van der Waals surface area (Å²) in [5, 5.41) is 0. The molecule has 3 aliphatic carbocycles. The molecule has 0 spiro atoms. The first-order valence-corrected chi connectivity index (χ1v) is 16.1. The zero-order valence-corrected chi connectivity index (χ0v) is 22.6. The Bertz CT molecular complexity index is 758. The van der Waals surface area contributed by atoms with E-state index in [-0.39, 0.29) is 6.10 Å². The number of para-hydroxylation sites is 1. The third-order valence-corrected chi connectivity index (χ3v) is 15.2. The smallest absolute Gasteiger partial charge is 0.126 e. The zero-order valence-electron chi connectivity index (χ0n) is 20.2. The molecule has 1 aromatic rings. The van der Waals surface area contributed by atoms with Gasteiger partial charge < -0.3 is 4.74 Å². The summed E-state index contributed by atoms with van der Waals surface area (Å²) in [7, 11) is 0. The van der Waals surface area contributed by atoms with Crippen LogP contribution < -0.4 is 4.74 Å². The average Bonchev–Trinajstić information content (AvgIpc) is 2.80. The first-order chi connectivity index (χ1) is 15.4. The minimum absolute atomic E-state index is 0.199.